The van der Waals surface area contributed by atoms with Gasteiger partial charge in [0.25, 0.3) is 0 Å². The van der Waals surface area contributed by atoms with Crippen LogP contribution in [0.15, 0.2) is 18.2 Å². The minimum atomic E-state index is 0.289. The van der Waals surface area contributed by atoms with E-state index in [0.717, 1.165) is 0 Å². The molecule has 1 rings (SSSR count). The summed E-state index contributed by atoms with van der Waals surface area (Å²) in [6.07, 6.45) is 0. The van der Waals surface area contributed by atoms with E-state index in [1.54, 1.807) is 18.2 Å². The first kappa shape index (κ1) is 9.38. The van der Waals surface area contributed by atoms with E-state index in [1.165, 1.54) is 20.7 Å². The second-order valence-electron chi connectivity index (χ2n) is 2.18. The fourth-order valence-electron chi connectivity index (χ4n) is 0.983. The maximum Gasteiger partial charge on any atom is 0.423 e. The minimum Gasteiger partial charge on any atom is -0.493 e. The van der Waals surface area contributed by atoms with Gasteiger partial charge in [-0.2, -0.15) is 0 Å². The highest BCUT2D eigenvalue weighted by molar-refractivity contribution is 5.56. The molecule has 0 amide bonds. The predicted octanol–water partition coefficient (Wildman–Crippen LogP) is 1.15. The van der Waals surface area contributed by atoms with Crippen LogP contribution in [0.3, 0.4) is 0 Å². The van der Waals surface area contributed by atoms with Crippen molar-refractivity contribution in [1.82, 2.24) is 0 Å². The van der Waals surface area contributed by atoms with Gasteiger partial charge in [0.15, 0.2) is 11.5 Å². The maximum absolute atomic E-state index is 10.00. The first-order valence-electron chi connectivity index (χ1n) is 3.58. The van der Waals surface area contributed by atoms with E-state index in [-0.39, 0.29) is 5.75 Å². The van der Waals surface area contributed by atoms with Crippen molar-refractivity contribution in [2.24, 2.45) is 0 Å². The standard InChI is InChI=1S/C9H9O4/c1-11-7-4-3-5-8(13-6-10)9(7)12-2/h3-5H,1-2H3. The number of methoxy groups -OCH3 is 2. The molecule has 0 fully saturated rings. The van der Waals surface area contributed by atoms with Crippen LogP contribution in [0, 0.1) is 0 Å². The third-order valence-corrected chi connectivity index (χ3v) is 1.52. The molecule has 0 unspecified atom stereocenters. The SMILES string of the molecule is COc1cccc(O[C]=O)c1OC. The summed E-state index contributed by atoms with van der Waals surface area (Å²) in [5.74, 6) is 1.18. The quantitative estimate of drug-likeness (QED) is 0.698. The van der Waals surface area contributed by atoms with Crippen molar-refractivity contribution in [3.05, 3.63) is 18.2 Å². The number of rotatable bonds is 4. The van der Waals surface area contributed by atoms with Crippen molar-refractivity contribution >= 4 is 6.47 Å². The third-order valence-electron chi connectivity index (χ3n) is 1.52. The smallest absolute Gasteiger partial charge is 0.423 e. The zero-order chi connectivity index (χ0) is 9.68. The molecule has 4 heteroatoms. The molecule has 1 aromatic carbocycles. The van der Waals surface area contributed by atoms with E-state index in [0.29, 0.717) is 11.5 Å². The van der Waals surface area contributed by atoms with Crippen LogP contribution in [0.25, 0.3) is 0 Å². The third kappa shape index (κ3) is 1.90. The monoisotopic (exact) mass is 181 g/mol. The van der Waals surface area contributed by atoms with Crippen molar-refractivity contribution < 1.29 is 19.0 Å². The van der Waals surface area contributed by atoms with Crippen LogP contribution in [0.4, 0.5) is 0 Å². The fourth-order valence-corrected chi connectivity index (χ4v) is 0.983. The van der Waals surface area contributed by atoms with Gasteiger partial charge in [-0.05, 0) is 12.1 Å². The van der Waals surface area contributed by atoms with E-state index < -0.39 is 0 Å². The van der Waals surface area contributed by atoms with Crippen LogP contribution in [0.5, 0.6) is 17.2 Å². The molecule has 0 aliphatic rings. The van der Waals surface area contributed by atoms with Crippen LogP contribution in [-0.4, -0.2) is 20.7 Å². The Labute approximate surface area is 76.0 Å². The number of carbonyl (C=O) groups excluding carboxylic acids is 1. The molecule has 0 bridgehead atoms. The van der Waals surface area contributed by atoms with Crippen molar-refractivity contribution in [2.45, 2.75) is 0 Å². The molecule has 0 heterocycles. The van der Waals surface area contributed by atoms with Gasteiger partial charge >= 0.3 is 6.47 Å². The van der Waals surface area contributed by atoms with Gasteiger partial charge in [-0.25, -0.2) is 4.79 Å². The van der Waals surface area contributed by atoms with E-state index >= 15 is 0 Å². The first-order chi connectivity index (χ1) is 6.33. The highest BCUT2D eigenvalue weighted by Crippen LogP contribution is 2.36. The summed E-state index contributed by atoms with van der Waals surface area (Å²) in [5.41, 5.74) is 0. The largest absolute Gasteiger partial charge is 0.493 e. The Morgan fingerprint density at radius 2 is 1.85 bits per heavy atom. The summed E-state index contributed by atoms with van der Waals surface area (Å²) >= 11 is 0. The lowest BCUT2D eigenvalue weighted by molar-refractivity contribution is 0.338. The van der Waals surface area contributed by atoms with Crippen molar-refractivity contribution in [3.8, 4) is 17.2 Å². The van der Waals surface area contributed by atoms with Crippen LogP contribution < -0.4 is 14.2 Å². The Morgan fingerprint density at radius 3 is 2.38 bits per heavy atom. The second-order valence-corrected chi connectivity index (χ2v) is 2.18. The molecule has 1 aromatic rings. The number of hydrogen-bond donors (Lipinski definition) is 0. The van der Waals surface area contributed by atoms with Crippen molar-refractivity contribution in [3.63, 3.8) is 0 Å². The van der Waals surface area contributed by atoms with Crippen molar-refractivity contribution in [2.75, 3.05) is 14.2 Å². The normalized spacial score (nSPS) is 9.08. The average molecular weight is 181 g/mol. The molecule has 69 valence electrons. The van der Waals surface area contributed by atoms with Gasteiger partial charge in [0.1, 0.15) is 0 Å². The summed E-state index contributed by atoms with van der Waals surface area (Å²) in [5, 5.41) is 0. The molecule has 0 aliphatic heterocycles. The Kier molecular flexibility index (Phi) is 3.14. The van der Waals surface area contributed by atoms with Gasteiger partial charge in [0, 0.05) is 0 Å². The lowest BCUT2D eigenvalue weighted by Crippen LogP contribution is -1.95. The maximum atomic E-state index is 10.00. The summed E-state index contributed by atoms with van der Waals surface area (Å²) in [6, 6.07) is 4.98. The Bertz CT molecular complexity index is 296. The molecule has 1 radical (unpaired) electrons. The van der Waals surface area contributed by atoms with Gasteiger partial charge in [-0.1, -0.05) is 6.07 Å². The van der Waals surface area contributed by atoms with E-state index in [2.05, 4.69) is 4.74 Å². The summed E-state index contributed by atoms with van der Waals surface area (Å²) in [7, 11) is 2.97. The Balaban J connectivity index is 3.10. The molecule has 13 heavy (non-hydrogen) atoms. The molecule has 0 atom stereocenters. The van der Waals surface area contributed by atoms with Gasteiger partial charge in [-0.3, -0.25) is 0 Å². The lowest BCUT2D eigenvalue weighted by Gasteiger charge is -2.09. The van der Waals surface area contributed by atoms with E-state index in [1.807, 2.05) is 0 Å². The minimum absolute atomic E-state index is 0.289. The molecule has 0 spiro atoms. The summed E-state index contributed by atoms with van der Waals surface area (Å²) in [4.78, 5) is 10.00. The number of ether oxygens (including phenoxy) is 3. The molecule has 0 aromatic heterocycles. The average Bonchev–Trinajstić information content (AvgIpc) is 2.18. The first-order valence-corrected chi connectivity index (χ1v) is 3.58. The zero-order valence-electron chi connectivity index (χ0n) is 7.37. The fraction of sp³-hybridized carbons (Fsp3) is 0.222. The Hall–Kier alpha value is -1.71. The molecule has 0 saturated heterocycles. The Morgan fingerprint density at radius 1 is 1.15 bits per heavy atom. The second kappa shape index (κ2) is 4.35. The van der Waals surface area contributed by atoms with E-state index in [9.17, 15) is 4.79 Å². The molecule has 0 saturated carbocycles. The molecule has 0 N–H and O–H groups in total. The zero-order valence-corrected chi connectivity index (χ0v) is 7.37. The van der Waals surface area contributed by atoms with Gasteiger partial charge in [0.2, 0.25) is 5.75 Å². The topological polar surface area (TPSA) is 44.8 Å². The van der Waals surface area contributed by atoms with Crippen molar-refractivity contribution in [1.29, 1.82) is 0 Å². The summed E-state index contributed by atoms with van der Waals surface area (Å²) < 4.78 is 14.5. The predicted molar refractivity (Wildman–Crippen MR) is 45.9 cm³/mol. The molecule has 4 nitrogen and oxygen atoms in total. The van der Waals surface area contributed by atoms with Crippen LogP contribution in [-0.2, 0) is 4.79 Å². The highest BCUT2D eigenvalue weighted by atomic mass is 16.6. The highest BCUT2D eigenvalue weighted by Gasteiger charge is 2.09. The molecular weight excluding hydrogens is 172 g/mol. The van der Waals surface area contributed by atoms with E-state index in [4.69, 9.17) is 9.47 Å². The van der Waals surface area contributed by atoms with Gasteiger partial charge in [-0.15, -0.1) is 0 Å². The lowest BCUT2D eigenvalue weighted by atomic mass is 10.3. The van der Waals surface area contributed by atoms with Crippen LogP contribution >= 0.6 is 0 Å². The van der Waals surface area contributed by atoms with Gasteiger partial charge in [0.05, 0.1) is 14.2 Å². The number of benzene rings is 1. The summed E-state index contributed by atoms with van der Waals surface area (Å²) in [6.45, 7) is 1.32. The molecular formula is C9H9O4. The number of hydrogen-bond acceptors (Lipinski definition) is 4. The number of para-hydroxylation sites is 1. The van der Waals surface area contributed by atoms with Gasteiger partial charge < -0.3 is 14.2 Å². The van der Waals surface area contributed by atoms with Crippen LogP contribution in [0.2, 0.25) is 0 Å². The van der Waals surface area contributed by atoms with Crippen LogP contribution in [0.1, 0.15) is 0 Å². The molecule has 0 aliphatic carbocycles.